The number of hydrogen-bond donors (Lipinski definition) is 0. The van der Waals surface area contributed by atoms with Gasteiger partial charge in [0.15, 0.2) is 0 Å². The smallest absolute Gasteiger partial charge is 0.249 e. The molecule has 1 heterocycles. The van der Waals surface area contributed by atoms with Crippen molar-refractivity contribution in [3.05, 3.63) is 107 Å². The average Bonchev–Trinajstić information content (AvgIpc) is 3.19. The zero-order valence-corrected chi connectivity index (χ0v) is 16.6. The predicted octanol–water partition coefficient (Wildman–Crippen LogP) is 5.75. The molecule has 0 aliphatic heterocycles. The molecule has 0 amide bonds. The largest absolute Gasteiger partial charge is 0.419 e. The number of benzene rings is 3. The van der Waals surface area contributed by atoms with Crippen molar-refractivity contribution in [1.82, 2.24) is 15.1 Å². The fourth-order valence-electron chi connectivity index (χ4n) is 3.35. The topological polar surface area (TPSA) is 42.2 Å². The third-order valence-corrected chi connectivity index (χ3v) is 5.03. The standard InChI is InChI=1S/C23H19ClFN3O/c1-28(15-21-26-27-23(29-21)19-9-5-6-10-20(19)24)22(16-7-3-2-4-8-16)17-11-13-18(25)14-12-17/h2-14,22H,15H2,1H3. The molecule has 1 aromatic heterocycles. The van der Waals surface area contributed by atoms with E-state index in [1.54, 1.807) is 18.2 Å². The zero-order chi connectivity index (χ0) is 20.2. The molecule has 6 heteroatoms. The molecule has 0 bridgehead atoms. The molecule has 0 saturated carbocycles. The highest BCUT2D eigenvalue weighted by molar-refractivity contribution is 6.33. The quantitative estimate of drug-likeness (QED) is 0.408. The van der Waals surface area contributed by atoms with Crippen molar-refractivity contribution in [3.63, 3.8) is 0 Å². The van der Waals surface area contributed by atoms with Crippen LogP contribution in [0, 0.1) is 5.82 Å². The van der Waals surface area contributed by atoms with E-state index in [9.17, 15) is 4.39 Å². The third kappa shape index (κ3) is 4.36. The highest BCUT2D eigenvalue weighted by Crippen LogP contribution is 2.30. The van der Waals surface area contributed by atoms with E-state index in [1.807, 2.05) is 55.6 Å². The van der Waals surface area contributed by atoms with E-state index in [4.69, 9.17) is 16.0 Å². The normalized spacial score (nSPS) is 12.3. The van der Waals surface area contributed by atoms with Gasteiger partial charge in [-0.3, -0.25) is 4.90 Å². The van der Waals surface area contributed by atoms with E-state index in [0.29, 0.717) is 28.9 Å². The Bertz CT molecular complexity index is 1080. The van der Waals surface area contributed by atoms with Crippen LogP contribution >= 0.6 is 11.6 Å². The minimum atomic E-state index is -0.260. The first-order valence-corrected chi connectivity index (χ1v) is 9.57. The van der Waals surface area contributed by atoms with Gasteiger partial charge in [0.1, 0.15) is 5.82 Å². The second-order valence-electron chi connectivity index (χ2n) is 6.76. The van der Waals surface area contributed by atoms with Crippen LogP contribution in [0.15, 0.2) is 83.3 Å². The summed E-state index contributed by atoms with van der Waals surface area (Å²) in [5.41, 5.74) is 2.77. The van der Waals surface area contributed by atoms with E-state index in [2.05, 4.69) is 15.1 Å². The molecule has 3 aromatic carbocycles. The maximum Gasteiger partial charge on any atom is 0.249 e. The summed E-state index contributed by atoms with van der Waals surface area (Å²) in [4.78, 5) is 2.09. The van der Waals surface area contributed by atoms with Crippen LogP contribution in [0.4, 0.5) is 4.39 Å². The molecule has 0 N–H and O–H groups in total. The molecule has 0 aliphatic rings. The molecule has 0 radical (unpaired) electrons. The summed E-state index contributed by atoms with van der Waals surface area (Å²) in [5.74, 6) is 0.604. The summed E-state index contributed by atoms with van der Waals surface area (Å²) in [6.45, 7) is 0.425. The van der Waals surface area contributed by atoms with Crippen molar-refractivity contribution in [3.8, 4) is 11.5 Å². The Balaban J connectivity index is 1.61. The first kappa shape index (κ1) is 19.3. The molecule has 4 aromatic rings. The summed E-state index contributed by atoms with van der Waals surface area (Å²) < 4.78 is 19.3. The number of aromatic nitrogens is 2. The number of rotatable bonds is 6. The molecule has 4 nitrogen and oxygen atoms in total. The summed E-state index contributed by atoms with van der Waals surface area (Å²) in [6, 6.07) is 23.8. The monoisotopic (exact) mass is 407 g/mol. The van der Waals surface area contributed by atoms with Crippen LogP contribution < -0.4 is 0 Å². The van der Waals surface area contributed by atoms with Crippen LogP contribution in [0.1, 0.15) is 23.1 Å². The Hall–Kier alpha value is -3.02. The lowest BCUT2D eigenvalue weighted by Crippen LogP contribution is -2.25. The Kier molecular flexibility index (Phi) is 5.69. The van der Waals surface area contributed by atoms with E-state index >= 15 is 0 Å². The molecule has 4 rings (SSSR count). The van der Waals surface area contributed by atoms with Gasteiger partial charge in [-0.25, -0.2) is 4.39 Å². The number of hydrogen-bond acceptors (Lipinski definition) is 4. The average molecular weight is 408 g/mol. The molecular formula is C23H19ClFN3O. The van der Waals surface area contributed by atoms with Gasteiger partial charge >= 0.3 is 0 Å². The van der Waals surface area contributed by atoms with Gasteiger partial charge in [-0.1, -0.05) is 66.2 Å². The summed E-state index contributed by atoms with van der Waals surface area (Å²) in [5, 5.41) is 8.88. The third-order valence-electron chi connectivity index (χ3n) is 4.70. The molecule has 1 atom stereocenters. The van der Waals surface area contributed by atoms with Gasteiger partial charge in [0, 0.05) is 0 Å². The van der Waals surface area contributed by atoms with Crippen molar-refractivity contribution in [2.45, 2.75) is 12.6 Å². The number of nitrogens with zero attached hydrogens (tertiary/aromatic N) is 3. The molecule has 0 spiro atoms. The Morgan fingerprint density at radius 3 is 2.28 bits per heavy atom. The lowest BCUT2D eigenvalue weighted by molar-refractivity contribution is 0.243. The minimum absolute atomic E-state index is 0.0903. The molecular weight excluding hydrogens is 389 g/mol. The van der Waals surface area contributed by atoms with Gasteiger partial charge in [-0.2, -0.15) is 0 Å². The molecule has 146 valence electrons. The Morgan fingerprint density at radius 2 is 1.55 bits per heavy atom. The van der Waals surface area contributed by atoms with Gasteiger partial charge < -0.3 is 4.42 Å². The second-order valence-corrected chi connectivity index (χ2v) is 7.17. The lowest BCUT2D eigenvalue weighted by atomic mass is 9.97. The van der Waals surface area contributed by atoms with Crippen molar-refractivity contribution in [2.75, 3.05) is 7.05 Å². The van der Waals surface area contributed by atoms with Crippen molar-refractivity contribution < 1.29 is 8.81 Å². The van der Waals surface area contributed by atoms with Crippen molar-refractivity contribution in [2.24, 2.45) is 0 Å². The van der Waals surface area contributed by atoms with Gasteiger partial charge in [0.25, 0.3) is 0 Å². The van der Waals surface area contributed by atoms with Crippen molar-refractivity contribution >= 4 is 11.6 Å². The number of halogens is 2. The molecule has 1 unspecified atom stereocenters. The summed E-state index contributed by atoms with van der Waals surface area (Å²) >= 11 is 6.23. The molecule has 0 aliphatic carbocycles. The summed E-state index contributed by atoms with van der Waals surface area (Å²) in [6.07, 6.45) is 0. The summed E-state index contributed by atoms with van der Waals surface area (Å²) in [7, 11) is 1.97. The van der Waals surface area contributed by atoms with Gasteiger partial charge in [-0.05, 0) is 42.4 Å². The molecule has 0 saturated heterocycles. The minimum Gasteiger partial charge on any atom is -0.419 e. The Morgan fingerprint density at radius 1 is 0.897 bits per heavy atom. The van der Waals surface area contributed by atoms with Crippen LogP contribution in [0.5, 0.6) is 0 Å². The maximum atomic E-state index is 13.4. The van der Waals surface area contributed by atoms with E-state index in [0.717, 1.165) is 11.1 Å². The van der Waals surface area contributed by atoms with Crippen LogP contribution in [-0.4, -0.2) is 22.1 Å². The zero-order valence-electron chi connectivity index (χ0n) is 15.8. The molecule has 0 fully saturated rings. The van der Waals surface area contributed by atoms with Crippen LogP contribution in [0.2, 0.25) is 5.02 Å². The van der Waals surface area contributed by atoms with E-state index < -0.39 is 0 Å². The van der Waals surface area contributed by atoms with Crippen LogP contribution in [0.3, 0.4) is 0 Å². The maximum absolute atomic E-state index is 13.4. The fraction of sp³-hybridized carbons (Fsp3) is 0.130. The first-order chi connectivity index (χ1) is 14.1. The first-order valence-electron chi connectivity index (χ1n) is 9.20. The van der Waals surface area contributed by atoms with Gasteiger partial charge in [0.05, 0.1) is 23.2 Å². The van der Waals surface area contributed by atoms with Crippen LogP contribution in [-0.2, 0) is 6.54 Å². The fourth-order valence-corrected chi connectivity index (χ4v) is 3.56. The highest BCUT2D eigenvalue weighted by Gasteiger charge is 2.22. The van der Waals surface area contributed by atoms with Gasteiger partial charge in [-0.15, -0.1) is 10.2 Å². The lowest BCUT2D eigenvalue weighted by Gasteiger charge is -2.28. The SMILES string of the molecule is CN(Cc1nnc(-c2ccccc2Cl)o1)C(c1ccccc1)c1ccc(F)cc1. The van der Waals surface area contributed by atoms with Gasteiger partial charge in [0.2, 0.25) is 11.8 Å². The molecule has 29 heavy (non-hydrogen) atoms. The van der Waals surface area contributed by atoms with E-state index in [1.165, 1.54) is 12.1 Å². The van der Waals surface area contributed by atoms with Crippen molar-refractivity contribution in [1.29, 1.82) is 0 Å². The highest BCUT2D eigenvalue weighted by atomic mass is 35.5. The van der Waals surface area contributed by atoms with Crippen LogP contribution in [0.25, 0.3) is 11.5 Å². The van der Waals surface area contributed by atoms with E-state index in [-0.39, 0.29) is 11.9 Å². The second kappa shape index (κ2) is 8.55. The predicted molar refractivity (Wildman–Crippen MR) is 111 cm³/mol. The Labute approximate surface area is 173 Å².